The Kier molecular flexibility index (Phi) is 5.45. The first-order chi connectivity index (χ1) is 14.8. The van der Waals surface area contributed by atoms with Gasteiger partial charge in [-0.3, -0.25) is 14.0 Å². The first-order valence-corrected chi connectivity index (χ1v) is 10.6. The van der Waals surface area contributed by atoms with Crippen molar-refractivity contribution in [2.75, 3.05) is 6.61 Å². The van der Waals surface area contributed by atoms with Crippen LogP contribution >= 0.6 is 11.3 Å². The van der Waals surface area contributed by atoms with Crippen molar-refractivity contribution in [2.45, 2.75) is 26.8 Å². The summed E-state index contributed by atoms with van der Waals surface area (Å²) >= 11 is 1.24. The van der Waals surface area contributed by atoms with Gasteiger partial charge in [0.2, 0.25) is 0 Å². The number of rotatable bonds is 4. The Bertz CT molecular complexity index is 1380. The summed E-state index contributed by atoms with van der Waals surface area (Å²) in [5.41, 5.74) is 2.81. The van der Waals surface area contributed by atoms with Crippen LogP contribution in [-0.2, 0) is 16.6 Å². The number of benzene rings is 1. The maximum Gasteiger partial charge on any atom is 0.338 e. The lowest BCUT2D eigenvalue weighted by atomic mass is 9.96. The van der Waals surface area contributed by atoms with E-state index in [-0.39, 0.29) is 17.7 Å². The third-order valence-electron chi connectivity index (χ3n) is 5.26. The van der Waals surface area contributed by atoms with E-state index in [2.05, 4.69) is 10.1 Å². The number of thiazole rings is 1. The fourth-order valence-corrected chi connectivity index (χ4v) is 4.59. The first kappa shape index (κ1) is 20.9. The third-order valence-corrected chi connectivity index (χ3v) is 6.25. The number of nitrogens with zero attached hydrogens (tertiary/aromatic N) is 4. The molecule has 3 heterocycles. The smallest absolute Gasteiger partial charge is 0.338 e. The maximum atomic E-state index is 13.6. The summed E-state index contributed by atoms with van der Waals surface area (Å²) in [6, 6.07) is 5.00. The molecule has 0 radical (unpaired) electrons. The van der Waals surface area contributed by atoms with Crippen molar-refractivity contribution in [2.24, 2.45) is 12.0 Å². The molecule has 160 valence electrons. The number of aromatic nitrogens is 3. The molecule has 0 aliphatic carbocycles. The van der Waals surface area contributed by atoms with E-state index >= 15 is 0 Å². The minimum Gasteiger partial charge on any atom is -0.463 e. The lowest BCUT2D eigenvalue weighted by Gasteiger charge is -2.24. The molecular formula is C22H21FN4O3S. The van der Waals surface area contributed by atoms with Gasteiger partial charge in [-0.05, 0) is 44.5 Å². The van der Waals surface area contributed by atoms with E-state index in [0.717, 1.165) is 11.3 Å². The van der Waals surface area contributed by atoms with Crippen molar-refractivity contribution in [3.63, 3.8) is 0 Å². The largest absolute Gasteiger partial charge is 0.463 e. The summed E-state index contributed by atoms with van der Waals surface area (Å²) < 4.78 is 22.5. The Morgan fingerprint density at radius 2 is 2.00 bits per heavy atom. The standard InChI is InChI=1S/C22H21FN4O3S/c1-5-30-21(29)18-12(2)25-22-27(19(18)14-6-8-16(23)9-7-14)20(28)17(31-22)10-15-11-24-26(4)13(15)3/h6-11,19H,5H2,1-4H3/b17-10-. The van der Waals surface area contributed by atoms with Crippen molar-refractivity contribution >= 4 is 23.4 Å². The molecule has 3 aromatic rings. The number of aryl methyl sites for hydroxylation is 1. The summed E-state index contributed by atoms with van der Waals surface area (Å²) in [6.07, 6.45) is 3.47. The number of fused-ring (bicyclic) bond motifs is 1. The van der Waals surface area contributed by atoms with Gasteiger partial charge in [-0.1, -0.05) is 23.5 Å². The van der Waals surface area contributed by atoms with Crippen LogP contribution < -0.4 is 14.9 Å². The molecular weight excluding hydrogens is 419 g/mol. The molecule has 2 aromatic heterocycles. The summed E-state index contributed by atoms with van der Waals surface area (Å²) in [5, 5.41) is 4.22. The van der Waals surface area contributed by atoms with Crippen LogP contribution in [0.1, 0.15) is 36.7 Å². The van der Waals surface area contributed by atoms with E-state index in [1.807, 2.05) is 14.0 Å². The summed E-state index contributed by atoms with van der Waals surface area (Å²) in [7, 11) is 1.83. The number of carbonyl (C=O) groups excluding carboxylic acids is 1. The highest BCUT2D eigenvalue weighted by atomic mass is 32.1. The maximum absolute atomic E-state index is 13.6. The Morgan fingerprint density at radius 3 is 2.61 bits per heavy atom. The molecule has 0 bridgehead atoms. The molecule has 31 heavy (non-hydrogen) atoms. The highest BCUT2D eigenvalue weighted by Gasteiger charge is 2.33. The van der Waals surface area contributed by atoms with Gasteiger partial charge in [-0.25, -0.2) is 14.2 Å². The molecule has 0 N–H and O–H groups in total. The van der Waals surface area contributed by atoms with Gasteiger partial charge in [0.15, 0.2) is 4.80 Å². The van der Waals surface area contributed by atoms with Gasteiger partial charge in [0.1, 0.15) is 5.82 Å². The number of allylic oxidation sites excluding steroid dienone is 1. The van der Waals surface area contributed by atoms with E-state index in [1.165, 1.54) is 28.0 Å². The predicted octanol–water partition coefficient (Wildman–Crippen LogP) is 1.98. The summed E-state index contributed by atoms with van der Waals surface area (Å²) in [6.45, 7) is 5.54. The van der Waals surface area contributed by atoms with Crippen LogP contribution in [0, 0.1) is 12.7 Å². The first-order valence-electron chi connectivity index (χ1n) is 9.75. The monoisotopic (exact) mass is 440 g/mol. The minimum atomic E-state index is -0.756. The van der Waals surface area contributed by atoms with Crippen LogP contribution in [0.5, 0.6) is 0 Å². The van der Waals surface area contributed by atoms with Crippen molar-refractivity contribution in [3.8, 4) is 0 Å². The van der Waals surface area contributed by atoms with Crippen LogP contribution in [0.4, 0.5) is 4.39 Å². The van der Waals surface area contributed by atoms with Crippen molar-refractivity contribution in [1.29, 1.82) is 0 Å². The molecule has 0 spiro atoms. The van der Waals surface area contributed by atoms with Crippen molar-refractivity contribution in [3.05, 3.63) is 84.1 Å². The fraction of sp³-hybridized carbons (Fsp3) is 0.273. The SMILES string of the molecule is CCOC(=O)C1=C(C)N=c2s/c(=C\c3cnn(C)c3C)c(=O)n2C1c1ccc(F)cc1. The number of carbonyl (C=O) groups is 1. The van der Waals surface area contributed by atoms with Crippen LogP contribution in [-0.4, -0.2) is 26.9 Å². The zero-order valence-electron chi connectivity index (χ0n) is 17.5. The second-order valence-electron chi connectivity index (χ2n) is 7.16. The molecule has 0 saturated heterocycles. The molecule has 9 heteroatoms. The van der Waals surface area contributed by atoms with Gasteiger partial charge in [-0.2, -0.15) is 5.10 Å². The Morgan fingerprint density at radius 1 is 1.29 bits per heavy atom. The van der Waals surface area contributed by atoms with Gasteiger partial charge in [0.25, 0.3) is 5.56 Å². The Balaban J connectivity index is 1.97. The Hall–Kier alpha value is -3.33. The zero-order valence-corrected chi connectivity index (χ0v) is 18.4. The average molecular weight is 441 g/mol. The summed E-state index contributed by atoms with van der Waals surface area (Å²) in [4.78, 5) is 31.2. The second kappa shape index (κ2) is 8.07. The van der Waals surface area contributed by atoms with E-state index in [1.54, 1.807) is 42.9 Å². The van der Waals surface area contributed by atoms with Gasteiger partial charge in [-0.15, -0.1) is 0 Å². The lowest BCUT2D eigenvalue weighted by Crippen LogP contribution is -2.39. The molecule has 1 aromatic carbocycles. The molecule has 1 aliphatic heterocycles. The highest BCUT2D eigenvalue weighted by molar-refractivity contribution is 7.07. The fourth-order valence-electron chi connectivity index (χ4n) is 3.55. The van der Waals surface area contributed by atoms with Gasteiger partial charge >= 0.3 is 5.97 Å². The quantitative estimate of drug-likeness (QED) is 0.582. The minimum absolute atomic E-state index is 0.191. The van der Waals surface area contributed by atoms with Crippen LogP contribution in [0.25, 0.3) is 6.08 Å². The predicted molar refractivity (Wildman–Crippen MR) is 115 cm³/mol. The third kappa shape index (κ3) is 3.65. The highest BCUT2D eigenvalue weighted by Crippen LogP contribution is 2.30. The Labute approximate surface area is 181 Å². The van der Waals surface area contributed by atoms with E-state index < -0.39 is 17.8 Å². The molecule has 1 unspecified atom stereocenters. The molecule has 1 atom stereocenters. The van der Waals surface area contributed by atoms with Crippen LogP contribution in [0.15, 0.2) is 51.5 Å². The van der Waals surface area contributed by atoms with E-state index in [0.29, 0.717) is 20.6 Å². The molecule has 0 fully saturated rings. The molecule has 7 nitrogen and oxygen atoms in total. The van der Waals surface area contributed by atoms with Crippen LogP contribution in [0.2, 0.25) is 0 Å². The lowest BCUT2D eigenvalue weighted by molar-refractivity contribution is -0.139. The number of hydrogen-bond acceptors (Lipinski definition) is 6. The zero-order chi connectivity index (χ0) is 22.3. The molecule has 1 aliphatic rings. The van der Waals surface area contributed by atoms with Gasteiger partial charge in [0.05, 0.1) is 34.6 Å². The average Bonchev–Trinajstić information content (AvgIpc) is 3.21. The number of hydrogen-bond donors (Lipinski definition) is 0. The second-order valence-corrected chi connectivity index (χ2v) is 8.17. The summed E-state index contributed by atoms with van der Waals surface area (Å²) in [5.74, 6) is -0.947. The normalized spacial score (nSPS) is 16.3. The van der Waals surface area contributed by atoms with Gasteiger partial charge < -0.3 is 4.74 Å². The number of ether oxygens (including phenoxy) is 1. The molecule has 0 amide bonds. The van der Waals surface area contributed by atoms with Crippen molar-refractivity contribution in [1.82, 2.24) is 14.3 Å². The van der Waals surface area contributed by atoms with E-state index in [9.17, 15) is 14.0 Å². The number of halogens is 1. The number of esters is 1. The van der Waals surface area contributed by atoms with E-state index in [4.69, 9.17) is 4.74 Å². The topological polar surface area (TPSA) is 78.5 Å². The molecule has 4 rings (SSSR count). The van der Waals surface area contributed by atoms with Crippen molar-refractivity contribution < 1.29 is 13.9 Å². The van der Waals surface area contributed by atoms with Crippen LogP contribution in [0.3, 0.4) is 0 Å². The molecule has 0 saturated carbocycles. The van der Waals surface area contributed by atoms with Gasteiger partial charge in [0, 0.05) is 18.3 Å².